The van der Waals surface area contributed by atoms with Crippen LogP contribution in [0.5, 0.6) is 5.75 Å². The number of aromatic nitrogens is 2. The Labute approximate surface area is 242 Å². The lowest BCUT2D eigenvalue weighted by Crippen LogP contribution is -2.43. The average molecular weight is 559 g/mol. The average Bonchev–Trinajstić information content (AvgIpc) is 3.34. The summed E-state index contributed by atoms with van der Waals surface area (Å²) in [5.41, 5.74) is 11.7. The van der Waals surface area contributed by atoms with Gasteiger partial charge in [-0.1, -0.05) is 34.6 Å². The van der Waals surface area contributed by atoms with Crippen LogP contribution in [0.15, 0.2) is 66.7 Å². The van der Waals surface area contributed by atoms with Gasteiger partial charge in [-0.15, -0.1) is 5.48 Å². The maximum Gasteiger partial charge on any atom is 0.145 e. The standard InChI is InChI=1S/C31H42N8O2/c1-7-39(8-2)17-18-40-24-15-9-21(10-16-24)27(32)26-28(33)34-20-35-29(26)36-22-11-13-23(14-12-22)37-31(6)19-25(41-38-31)30(3,4)5/h9-16,19-20,32,37-38H,7-8,17-18H2,1-6H3,(H3,33,34,35,36). The molecule has 1 atom stereocenters. The van der Waals surface area contributed by atoms with Crippen LogP contribution in [-0.4, -0.2) is 52.5 Å². The zero-order valence-electron chi connectivity index (χ0n) is 24.8. The normalized spacial score (nSPS) is 16.7. The number of ether oxygens (including phenoxy) is 1. The minimum Gasteiger partial charge on any atom is -0.492 e. The highest BCUT2D eigenvalue weighted by Crippen LogP contribution is 2.33. The van der Waals surface area contributed by atoms with Crippen molar-refractivity contribution in [3.63, 3.8) is 0 Å². The quantitative estimate of drug-likeness (QED) is 0.182. The molecule has 0 radical (unpaired) electrons. The van der Waals surface area contributed by atoms with Crippen molar-refractivity contribution in [3.05, 3.63) is 77.8 Å². The van der Waals surface area contributed by atoms with E-state index in [1.807, 2.05) is 55.5 Å². The molecule has 0 spiro atoms. The number of rotatable bonds is 12. The minimum absolute atomic E-state index is 0.0913. The minimum atomic E-state index is -0.535. The molecule has 4 rings (SSSR count). The lowest BCUT2D eigenvalue weighted by atomic mass is 9.92. The molecule has 0 aliphatic carbocycles. The molecule has 0 amide bonds. The first-order valence-corrected chi connectivity index (χ1v) is 14.0. The van der Waals surface area contributed by atoms with Crippen LogP contribution in [0.2, 0.25) is 0 Å². The molecule has 1 unspecified atom stereocenters. The largest absolute Gasteiger partial charge is 0.492 e. The van der Waals surface area contributed by atoms with Gasteiger partial charge in [-0.05, 0) is 74.6 Å². The highest BCUT2D eigenvalue weighted by Gasteiger charge is 2.34. The van der Waals surface area contributed by atoms with Gasteiger partial charge in [0.25, 0.3) is 0 Å². The van der Waals surface area contributed by atoms with E-state index >= 15 is 0 Å². The Morgan fingerprint density at radius 3 is 2.32 bits per heavy atom. The molecule has 218 valence electrons. The zero-order valence-corrected chi connectivity index (χ0v) is 24.8. The number of likely N-dealkylation sites (N-methyl/N-ethyl adjacent to an activating group) is 1. The van der Waals surface area contributed by atoms with Crippen molar-refractivity contribution < 1.29 is 9.57 Å². The summed E-state index contributed by atoms with van der Waals surface area (Å²) in [5, 5.41) is 15.7. The molecule has 41 heavy (non-hydrogen) atoms. The number of nitrogens with two attached hydrogens (primary N) is 1. The van der Waals surface area contributed by atoms with E-state index in [0.717, 1.165) is 42.5 Å². The summed E-state index contributed by atoms with van der Waals surface area (Å²) in [7, 11) is 0. The lowest BCUT2D eigenvalue weighted by molar-refractivity contribution is 0.0629. The number of benzene rings is 2. The fourth-order valence-electron chi connectivity index (χ4n) is 4.42. The van der Waals surface area contributed by atoms with Gasteiger partial charge in [0.15, 0.2) is 0 Å². The van der Waals surface area contributed by atoms with Crippen molar-refractivity contribution in [2.24, 2.45) is 5.41 Å². The number of nitrogen functional groups attached to an aromatic ring is 1. The van der Waals surface area contributed by atoms with Crippen molar-refractivity contribution in [3.8, 4) is 5.75 Å². The third-order valence-corrected chi connectivity index (χ3v) is 6.92. The molecule has 0 saturated heterocycles. The summed E-state index contributed by atoms with van der Waals surface area (Å²) in [6.45, 7) is 16.1. The van der Waals surface area contributed by atoms with Crippen LogP contribution in [0.1, 0.15) is 52.7 Å². The molecule has 0 saturated carbocycles. The smallest absolute Gasteiger partial charge is 0.145 e. The van der Waals surface area contributed by atoms with Gasteiger partial charge < -0.3 is 30.8 Å². The maximum absolute atomic E-state index is 8.89. The highest BCUT2D eigenvalue weighted by molar-refractivity contribution is 6.16. The SMILES string of the molecule is CCN(CC)CCOc1ccc(C(=N)c2c(N)ncnc2Nc2ccc(NC3(C)C=C(C(C)(C)C)ON3)cc2)cc1. The van der Waals surface area contributed by atoms with Gasteiger partial charge in [0.1, 0.15) is 41.7 Å². The van der Waals surface area contributed by atoms with E-state index < -0.39 is 5.66 Å². The molecule has 10 nitrogen and oxygen atoms in total. The monoisotopic (exact) mass is 558 g/mol. The molecule has 0 bridgehead atoms. The molecule has 10 heteroatoms. The Hall–Kier alpha value is -4.15. The van der Waals surface area contributed by atoms with E-state index in [-0.39, 0.29) is 16.9 Å². The Balaban J connectivity index is 1.43. The van der Waals surface area contributed by atoms with Crippen LogP contribution in [-0.2, 0) is 4.84 Å². The molecule has 1 aliphatic rings. The number of hydrogen-bond acceptors (Lipinski definition) is 10. The Morgan fingerprint density at radius 1 is 1.05 bits per heavy atom. The first-order valence-electron chi connectivity index (χ1n) is 14.0. The number of anilines is 4. The van der Waals surface area contributed by atoms with E-state index in [0.29, 0.717) is 23.6 Å². The van der Waals surface area contributed by atoms with Gasteiger partial charge in [-0.3, -0.25) is 5.41 Å². The predicted molar refractivity (Wildman–Crippen MR) is 166 cm³/mol. The summed E-state index contributed by atoms with van der Waals surface area (Å²) >= 11 is 0. The molecular formula is C31H42N8O2. The Morgan fingerprint density at radius 2 is 1.71 bits per heavy atom. The van der Waals surface area contributed by atoms with Crippen LogP contribution in [0, 0.1) is 10.8 Å². The second-order valence-electron chi connectivity index (χ2n) is 11.2. The van der Waals surface area contributed by atoms with Crippen molar-refractivity contribution in [1.82, 2.24) is 20.3 Å². The molecule has 1 aromatic heterocycles. The molecule has 1 aliphatic heterocycles. The molecule has 0 fully saturated rings. The summed E-state index contributed by atoms with van der Waals surface area (Å²) in [6, 6.07) is 15.3. The van der Waals surface area contributed by atoms with E-state index in [1.54, 1.807) is 0 Å². The van der Waals surface area contributed by atoms with Gasteiger partial charge in [0, 0.05) is 28.9 Å². The van der Waals surface area contributed by atoms with Crippen LogP contribution >= 0.6 is 0 Å². The van der Waals surface area contributed by atoms with E-state index in [4.69, 9.17) is 20.7 Å². The van der Waals surface area contributed by atoms with Crippen LogP contribution in [0.25, 0.3) is 0 Å². The van der Waals surface area contributed by atoms with Crippen LogP contribution in [0.4, 0.5) is 23.0 Å². The summed E-state index contributed by atoms with van der Waals surface area (Å²) in [5.74, 6) is 2.33. The lowest BCUT2D eigenvalue weighted by Gasteiger charge is -2.24. The van der Waals surface area contributed by atoms with Crippen molar-refractivity contribution >= 4 is 28.7 Å². The van der Waals surface area contributed by atoms with Gasteiger partial charge in [-0.2, -0.15) is 0 Å². The first-order chi connectivity index (χ1) is 19.5. The van der Waals surface area contributed by atoms with E-state index in [1.165, 1.54) is 6.33 Å². The zero-order chi connectivity index (χ0) is 29.6. The fourth-order valence-corrected chi connectivity index (χ4v) is 4.42. The number of nitrogens with zero attached hydrogens (tertiary/aromatic N) is 3. The van der Waals surface area contributed by atoms with E-state index in [2.05, 4.69) is 71.7 Å². The number of nitrogens with one attached hydrogen (secondary N) is 4. The second-order valence-corrected chi connectivity index (χ2v) is 11.2. The van der Waals surface area contributed by atoms with Crippen molar-refractivity contribution in [2.45, 2.75) is 47.2 Å². The fraction of sp³-hybridized carbons (Fsp3) is 0.387. The molecular weight excluding hydrogens is 516 g/mol. The van der Waals surface area contributed by atoms with Crippen molar-refractivity contribution in [2.75, 3.05) is 42.6 Å². The second kappa shape index (κ2) is 12.6. The van der Waals surface area contributed by atoms with Crippen molar-refractivity contribution in [1.29, 1.82) is 5.41 Å². The topological polar surface area (TPSA) is 133 Å². The third kappa shape index (κ3) is 7.53. The Kier molecular flexibility index (Phi) is 9.14. The molecule has 6 N–H and O–H groups in total. The number of allylic oxidation sites excluding steroid dienone is 1. The molecule has 2 aromatic carbocycles. The predicted octanol–water partition coefficient (Wildman–Crippen LogP) is 5.53. The summed E-state index contributed by atoms with van der Waals surface area (Å²) in [4.78, 5) is 16.6. The maximum atomic E-state index is 8.89. The van der Waals surface area contributed by atoms with Gasteiger partial charge in [-0.25, -0.2) is 9.97 Å². The van der Waals surface area contributed by atoms with Crippen LogP contribution < -0.4 is 26.6 Å². The van der Waals surface area contributed by atoms with Crippen LogP contribution in [0.3, 0.4) is 0 Å². The highest BCUT2D eigenvalue weighted by atomic mass is 16.7. The third-order valence-electron chi connectivity index (χ3n) is 6.92. The first kappa shape index (κ1) is 29.8. The molecule has 2 heterocycles. The molecule has 3 aromatic rings. The number of hydroxylamine groups is 1. The van der Waals surface area contributed by atoms with Gasteiger partial charge in [0.05, 0.1) is 11.3 Å². The summed E-state index contributed by atoms with van der Waals surface area (Å²) < 4.78 is 5.89. The Bertz CT molecular complexity index is 1360. The summed E-state index contributed by atoms with van der Waals surface area (Å²) in [6.07, 6.45) is 3.45. The van der Waals surface area contributed by atoms with Gasteiger partial charge in [0.2, 0.25) is 0 Å². The van der Waals surface area contributed by atoms with E-state index in [9.17, 15) is 0 Å². The number of hydrogen-bond donors (Lipinski definition) is 5. The van der Waals surface area contributed by atoms with Gasteiger partial charge >= 0.3 is 0 Å².